The zero-order chi connectivity index (χ0) is 17.1. The van der Waals surface area contributed by atoms with Crippen LogP contribution in [0.15, 0.2) is 29.4 Å². The molecule has 2 aromatic rings. The maximum absolute atomic E-state index is 12.8. The van der Waals surface area contributed by atoms with Gasteiger partial charge in [-0.1, -0.05) is 43.2 Å². The lowest BCUT2D eigenvalue weighted by Gasteiger charge is -2.32. The van der Waals surface area contributed by atoms with Gasteiger partial charge in [0.25, 0.3) is 0 Å². The summed E-state index contributed by atoms with van der Waals surface area (Å²) in [6, 6.07) is 8.59. The van der Waals surface area contributed by atoms with Gasteiger partial charge in [-0.15, -0.1) is 0 Å². The Kier molecular flexibility index (Phi) is 5.49. The molecule has 4 nitrogen and oxygen atoms in total. The Labute approximate surface area is 148 Å². The highest BCUT2D eigenvalue weighted by molar-refractivity contribution is 8.00. The van der Waals surface area contributed by atoms with Crippen LogP contribution in [0.3, 0.4) is 0 Å². The van der Waals surface area contributed by atoms with E-state index in [0.717, 1.165) is 35.6 Å². The third kappa shape index (κ3) is 3.46. The Morgan fingerprint density at radius 1 is 1.33 bits per heavy atom. The van der Waals surface area contributed by atoms with E-state index >= 15 is 0 Å². The van der Waals surface area contributed by atoms with Crippen LogP contribution in [0.1, 0.15) is 46.0 Å². The van der Waals surface area contributed by atoms with Crippen LogP contribution in [0.4, 0.5) is 0 Å². The van der Waals surface area contributed by atoms with E-state index in [0.29, 0.717) is 6.04 Å². The van der Waals surface area contributed by atoms with Crippen molar-refractivity contribution in [3.63, 3.8) is 0 Å². The van der Waals surface area contributed by atoms with Crippen molar-refractivity contribution in [2.45, 2.75) is 68.9 Å². The Bertz CT molecular complexity index is 706. The van der Waals surface area contributed by atoms with Gasteiger partial charge in [-0.2, -0.15) is 0 Å². The second kappa shape index (κ2) is 7.60. The number of imidazole rings is 1. The van der Waals surface area contributed by atoms with E-state index in [4.69, 9.17) is 4.98 Å². The summed E-state index contributed by atoms with van der Waals surface area (Å²) in [6.07, 6.45) is 6.09. The van der Waals surface area contributed by atoms with Crippen molar-refractivity contribution in [1.82, 2.24) is 14.5 Å². The predicted octanol–water partition coefficient (Wildman–Crippen LogP) is 4.33. The molecule has 1 aromatic carbocycles. The largest absolute Gasteiger partial charge is 0.342 e. The summed E-state index contributed by atoms with van der Waals surface area (Å²) in [5.74, 6) is 0.224. The number of benzene rings is 1. The van der Waals surface area contributed by atoms with Gasteiger partial charge < -0.3 is 9.47 Å². The van der Waals surface area contributed by atoms with Gasteiger partial charge >= 0.3 is 0 Å². The number of thioether (sulfide) groups is 1. The van der Waals surface area contributed by atoms with Gasteiger partial charge in [0, 0.05) is 19.6 Å². The summed E-state index contributed by atoms with van der Waals surface area (Å²) in [4.78, 5) is 19.5. The Hall–Kier alpha value is -1.49. The molecule has 1 aliphatic carbocycles. The van der Waals surface area contributed by atoms with Gasteiger partial charge in [0.05, 0.1) is 16.3 Å². The molecule has 0 saturated heterocycles. The number of carbonyl (C=O) groups is 1. The number of rotatable bonds is 5. The van der Waals surface area contributed by atoms with Crippen LogP contribution in [0, 0.1) is 0 Å². The summed E-state index contributed by atoms with van der Waals surface area (Å²) in [5, 5.41) is 0.829. The standard InChI is InChI=1S/C19H27N3OS/c1-4-22-17-13-9-8-12-16(17)20-19(22)24-14(2)18(23)21(3)15-10-6-5-7-11-15/h8-9,12-15H,4-7,10-11H2,1-3H3. The predicted molar refractivity (Wildman–Crippen MR) is 100 cm³/mol. The first kappa shape index (κ1) is 17.3. The van der Waals surface area contributed by atoms with Crippen LogP contribution >= 0.6 is 11.8 Å². The molecule has 1 aromatic heterocycles. The average Bonchev–Trinajstić information content (AvgIpc) is 2.98. The van der Waals surface area contributed by atoms with Crippen molar-refractivity contribution in [3.05, 3.63) is 24.3 Å². The minimum absolute atomic E-state index is 0.112. The Morgan fingerprint density at radius 3 is 2.75 bits per heavy atom. The van der Waals surface area contributed by atoms with Crippen molar-refractivity contribution in [2.75, 3.05) is 7.05 Å². The first-order valence-corrected chi connectivity index (χ1v) is 9.88. The van der Waals surface area contributed by atoms with E-state index in [-0.39, 0.29) is 11.2 Å². The highest BCUT2D eigenvalue weighted by Crippen LogP contribution is 2.29. The van der Waals surface area contributed by atoms with E-state index in [9.17, 15) is 4.79 Å². The zero-order valence-corrected chi connectivity index (χ0v) is 15.7. The average molecular weight is 346 g/mol. The minimum Gasteiger partial charge on any atom is -0.342 e. The summed E-state index contributed by atoms with van der Waals surface area (Å²) >= 11 is 1.58. The van der Waals surface area contributed by atoms with E-state index in [2.05, 4.69) is 17.6 Å². The van der Waals surface area contributed by atoms with E-state index in [1.165, 1.54) is 19.3 Å². The lowest BCUT2D eigenvalue weighted by atomic mass is 9.94. The molecule has 1 aliphatic rings. The molecule has 0 bridgehead atoms. The van der Waals surface area contributed by atoms with Gasteiger partial charge in [-0.3, -0.25) is 4.79 Å². The van der Waals surface area contributed by atoms with Crippen molar-refractivity contribution < 1.29 is 4.79 Å². The molecule has 0 aliphatic heterocycles. The maximum atomic E-state index is 12.8. The van der Waals surface area contributed by atoms with Crippen LogP contribution in [-0.4, -0.2) is 38.7 Å². The number of amides is 1. The van der Waals surface area contributed by atoms with Gasteiger partial charge in [0.1, 0.15) is 0 Å². The van der Waals surface area contributed by atoms with Crippen molar-refractivity contribution in [3.8, 4) is 0 Å². The number of hydrogen-bond acceptors (Lipinski definition) is 3. The maximum Gasteiger partial charge on any atom is 0.235 e. The zero-order valence-electron chi connectivity index (χ0n) is 14.9. The molecular formula is C19H27N3OS. The molecule has 1 heterocycles. The molecule has 1 amide bonds. The summed E-state index contributed by atoms with van der Waals surface area (Å²) in [7, 11) is 1.97. The fourth-order valence-corrected chi connectivity index (χ4v) is 4.68. The number of nitrogens with zero attached hydrogens (tertiary/aromatic N) is 3. The highest BCUT2D eigenvalue weighted by Gasteiger charge is 2.27. The Balaban J connectivity index is 1.74. The third-order valence-electron chi connectivity index (χ3n) is 5.04. The fraction of sp³-hybridized carbons (Fsp3) is 0.579. The number of fused-ring (bicyclic) bond motifs is 1. The highest BCUT2D eigenvalue weighted by atomic mass is 32.2. The summed E-state index contributed by atoms with van der Waals surface area (Å²) in [6.45, 7) is 4.99. The molecule has 130 valence electrons. The monoisotopic (exact) mass is 345 g/mol. The molecule has 0 N–H and O–H groups in total. The minimum atomic E-state index is -0.112. The number of para-hydroxylation sites is 2. The van der Waals surface area contributed by atoms with Gasteiger partial charge in [-0.25, -0.2) is 4.98 Å². The molecule has 5 heteroatoms. The number of aromatic nitrogens is 2. The first-order valence-electron chi connectivity index (χ1n) is 9.00. The van der Waals surface area contributed by atoms with Gasteiger partial charge in [-0.05, 0) is 38.8 Å². The Morgan fingerprint density at radius 2 is 2.04 bits per heavy atom. The second-order valence-electron chi connectivity index (χ2n) is 6.63. The van der Waals surface area contributed by atoms with Crippen molar-refractivity contribution in [2.24, 2.45) is 0 Å². The van der Waals surface area contributed by atoms with Crippen LogP contribution < -0.4 is 0 Å². The van der Waals surface area contributed by atoms with E-state index < -0.39 is 0 Å². The first-order chi connectivity index (χ1) is 11.6. The summed E-state index contributed by atoms with van der Waals surface area (Å²) in [5.41, 5.74) is 2.14. The number of hydrogen-bond donors (Lipinski definition) is 0. The van der Waals surface area contributed by atoms with Crippen molar-refractivity contribution >= 4 is 28.7 Å². The SMILES string of the molecule is CCn1c(SC(C)C(=O)N(C)C2CCCCC2)nc2ccccc21. The topological polar surface area (TPSA) is 38.1 Å². The fourth-order valence-electron chi connectivity index (χ4n) is 3.59. The third-order valence-corrected chi connectivity index (χ3v) is 6.11. The quantitative estimate of drug-likeness (QED) is 0.757. The normalized spacial score (nSPS) is 17.1. The smallest absolute Gasteiger partial charge is 0.235 e. The molecule has 1 unspecified atom stereocenters. The second-order valence-corrected chi connectivity index (χ2v) is 7.94. The summed E-state index contributed by atoms with van der Waals surface area (Å²) < 4.78 is 2.20. The molecule has 24 heavy (non-hydrogen) atoms. The number of aryl methyl sites for hydroxylation is 1. The molecular weight excluding hydrogens is 318 g/mol. The van der Waals surface area contributed by atoms with Crippen LogP contribution in [0.5, 0.6) is 0 Å². The van der Waals surface area contributed by atoms with E-state index in [1.54, 1.807) is 11.8 Å². The van der Waals surface area contributed by atoms with Gasteiger partial charge in [0.15, 0.2) is 5.16 Å². The van der Waals surface area contributed by atoms with Crippen LogP contribution in [0.25, 0.3) is 11.0 Å². The molecule has 0 spiro atoms. The molecule has 1 saturated carbocycles. The number of carbonyl (C=O) groups excluding carboxylic acids is 1. The van der Waals surface area contributed by atoms with Crippen LogP contribution in [-0.2, 0) is 11.3 Å². The van der Waals surface area contributed by atoms with E-state index in [1.807, 2.05) is 37.1 Å². The lowest BCUT2D eigenvalue weighted by Crippen LogP contribution is -2.42. The van der Waals surface area contributed by atoms with Crippen molar-refractivity contribution in [1.29, 1.82) is 0 Å². The molecule has 3 rings (SSSR count). The lowest BCUT2D eigenvalue weighted by molar-refractivity contribution is -0.131. The molecule has 1 fully saturated rings. The molecule has 1 atom stereocenters. The molecule has 0 radical (unpaired) electrons. The van der Waals surface area contributed by atoms with Crippen LogP contribution in [0.2, 0.25) is 0 Å². The van der Waals surface area contributed by atoms with Gasteiger partial charge in [0.2, 0.25) is 5.91 Å².